The number of hydrogen-bond acceptors (Lipinski definition) is 3. The molecule has 0 radical (unpaired) electrons. The zero-order valence-corrected chi connectivity index (χ0v) is 14.7. The highest BCUT2D eigenvalue weighted by Gasteiger charge is 2.21. The van der Waals surface area contributed by atoms with Crippen molar-refractivity contribution in [3.8, 4) is 0 Å². The maximum atomic E-state index is 13.4. The van der Waals surface area contributed by atoms with Gasteiger partial charge in [-0.25, -0.2) is 4.39 Å². The predicted molar refractivity (Wildman–Crippen MR) is 98.9 cm³/mol. The van der Waals surface area contributed by atoms with Crippen molar-refractivity contribution in [1.29, 1.82) is 0 Å². The molecule has 0 spiro atoms. The van der Waals surface area contributed by atoms with Crippen molar-refractivity contribution in [3.63, 3.8) is 0 Å². The van der Waals surface area contributed by atoms with Gasteiger partial charge in [0.15, 0.2) is 0 Å². The monoisotopic (exact) mass is 373 g/mol. The number of benzene rings is 2. The maximum Gasteiger partial charge on any atom is 0.263 e. The van der Waals surface area contributed by atoms with E-state index >= 15 is 0 Å². The Kier molecular flexibility index (Phi) is 3.98. The number of fused-ring (bicyclic) bond motifs is 2. The second-order valence-corrected chi connectivity index (χ2v) is 7.20. The summed E-state index contributed by atoms with van der Waals surface area (Å²) in [6, 6.07) is 13.5. The van der Waals surface area contributed by atoms with Gasteiger partial charge < -0.3 is 9.73 Å². The third-order valence-corrected chi connectivity index (χ3v) is 5.67. The zero-order valence-electron chi connectivity index (χ0n) is 13.2. The van der Waals surface area contributed by atoms with Crippen LogP contribution >= 0.6 is 22.9 Å². The van der Waals surface area contributed by atoms with Gasteiger partial charge in [0.25, 0.3) is 5.91 Å². The summed E-state index contributed by atoms with van der Waals surface area (Å²) in [6.07, 6.45) is 0. The second-order valence-electron chi connectivity index (χ2n) is 5.77. The highest BCUT2D eigenvalue weighted by atomic mass is 35.5. The van der Waals surface area contributed by atoms with Crippen LogP contribution in [0.2, 0.25) is 5.02 Å². The predicted octanol–water partition coefficient (Wildman–Crippen LogP) is 5.93. The molecule has 6 heteroatoms. The van der Waals surface area contributed by atoms with Crippen molar-refractivity contribution >= 4 is 49.9 Å². The number of carbonyl (C=O) groups excluding carboxylic acids is 1. The molecule has 0 aliphatic rings. The van der Waals surface area contributed by atoms with Crippen molar-refractivity contribution in [3.05, 3.63) is 70.0 Å². The first kappa shape index (κ1) is 16.1. The highest BCUT2D eigenvalue weighted by Crippen LogP contribution is 2.36. The van der Waals surface area contributed by atoms with E-state index in [4.69, 9.17) is 16.0 Å². The van der Waals surface area contributed by atoms with Crippen LogP contribution in [0.3, 0.4) is 0 Å². The van der Waals surface area contributed by atoms with Crippen LogP contribution < -0.4 is 5.32 Å². The van der Waals surface area contributed by atoms with Crippen molar-refractivity contribution in [2.24, 2.45) is 0 Å². The van der Waals surface area contributed by atoms with Crippen molar-refractivity contribution in [2.45, 2.75) is 13.0 Å². The number of rotatable bonds is 3. The molecule has 25 heavy (non-hydrogen) atoms. The minimum absolute atomic E-state index is 0.306. The lowest BCUT2D eigenvalue weighted by atomic mass is 10.2. The first-order valence-electron chi connectivity index (χ1n) is 7.70. The number of hydrogen-bond donors (Lipinski definition) is 1. The van der Waals surface area contributed by atoms with Crippen molar-refractivity contribution < 1.29 is 13.6 Å². The topological polar surface area (TPSA) is 42.2 Å². The summed E-state index contributed by atoms with van der Waals surface area (Å²) in [4.78, 5) is 13.0. The van der Waals surface area contributed by atoms with E-state index < -0.39 is 0 Å². The molecule has 0 aliphatic heterocycles. The fourth-order valence-corrected chi connectivity index (χ4v) is 4.18. The molecule has 3 nitrogen and oxygen atoms in total. The Morgan fingerprint density at radius 3 is 2.84 bits per heavy atom. The van der Waals surface area contributed by atoms with E-state index in [2.05, 4.69) is 5.32 Å². The molecule has 2 aromatic heterocycles. The van der Waals surface area contributed by atoms with Gasteiger partial charge in [-0.1, -0.05) is 29.8 Å². The van der Waals surface area contributed by atoms with E-state index in [9.17, 15) is 9.18 Å². The largest absolute Gasteiger partial charge is 0.459 e. The summed E-state index contributed by atoms with van der Waals surface area (Å²) >= 11 is 7.48. The van der Waals surface area contributed by atoms with Gasteiger partial charge in [-0.3, -0.25) is 4.79 Å². The van der Waals surface area contributed by atoms with Crippen LogP contribution in [0.25, 0.3) is 21.1 Å². The van der Waals surface area contributed by atoms with E-state index in [0.29, 0.717) is 25.7 Å². The fourth-order valence-electron chi connectivity index (χ4n) is 2.73. The lowest BCUT2D eigenvalue weighted by molar-refractivity contribution is 0.0940. The lowest BCUT2D eigenvalue weighted by Crippen LogP contribution is -2.25. The summed E-state index contributed by atoms with van der Waals surface area (Å²) in [6.45, 7) is 1.84. The Morgan fingerprint density at radius 2 is 2.04 bits per heavy atom. The SMILES string of the molecule is C[C@@H](NC(=O)c1sc2cc(F)ccc2c1Cl)c1cc2ccccc2o1. The molecule has 0 bridgehead atoms. The molecule has 0 fully saturated rings. The third kappa shape index (κ3) is 2.90. The van der Waals surface area contributed by atoms with Gasteiger partial charge in [-0.15, -0.1) is 11.3 Å². The molecule has 0 saturated carbocycles. The van der Waals surface area contributed by atoms with Gasteiger partial charge >= 0.3 is 0 Å². The number of halogens is 2. The van der Waals surface area contributed by atoms with Gasteiger partial charge in [0.2, 0.25) is 0 Å². The summed E-state index contributed by atoms with van der Waals surface area (Å²) in [7, 11) is 0. The molecule has 4 aromatic rings. The molecular weight excluding hydrogens is 361 g/mol. The van der Waals surface area contributed by atoms with Gasteiger partial charge in [0.05, 0.1) is 11.1 Å². The Hall–Kier alpha value is -2.37. The Balaban J connectivity index is 1.62. The third-order valence-electron chi connectivity index (χ3n) is 4.02. The Labute approximate surface area is 152 Å². The van der Waals surface area contributed by atoms with E-state index in [1.807, 2.05) is 37.3 Å². The first-order chi connectivity index (χ1) is 12.0. The van der Waals surface area contributed by atoms with Gasteiger partial charge in [0, 0.05) is 15.5 Å². The van der Waals surface area contributed by atoms with Gasteiger partial charge in [-0.05, 0) is 37.3 Å². The van der Waals surface area contributed by atoms with Crippen LogP contribution in [-0.4, -0.2) is 5.91 Å². The summed E-state index contributed by atoms with van der Waals surface area (Å²) in [5.74, 6) is 0.00501. The number of furan rings is 1. The molecule has 0 unspecified atom stereocenters. The Morgan fingerprint density at radius 1 is 1.24 bits per heavy atom. The minimum Gasteiger partial charge on any atom is -0.459 e. The molecule has 2 aromatic carbocycles. The lowest BCUT2D eigenvalue weighted by Gasteiger charge is -2.10. The number of amides is 1. The minimum atomic E-state index is -0.354. The summed E-state index contributed by atoms with van der Waals surface area (Å²) in [5, 5.41) is 4.89. The van der Waals surface area contributed by atoms with Gasteiger partial charge in [0.1, 0.15) is 22.0 Å². The zero-order chi connectivity index (χ0) is 17.6. The van der Waals surface area contributed by atoms with Crippen LogP contribution in [0.1, 0.15) is 28.4 Å². The van der Waals surface area contributed by atoms with Crippen molar-refractivity contribution in [2.75, 3.05) is 0 Å². The fraction of sp³-hybridized carbons (Fsp3) is 0.105. The molecule has 1 amide bonds. The van der Waals surface area contributed by atoms with E-state index in [0.717, 1.165) is 11.0 Å². The highest BCUT2D eigenvalue weighted by molar-refractivity contribution is 7.21. The molecule has 0 saturated heterocycles. The van der Waals surface area contributed by atoms with Crippen LogP contribution in [0.4, 0.5) is 4.39 Å². The molecular formula is C19H13ClFNO2S. The van der Waals surface area contributed by atoms with Crippen LogP contribution in [-0.2, 0) is 0 Å². The average molecular weight is 374 g/mol. The van der Waals surface area contributed by atoms with Crippen LogP contribution in [0.15, 0.2) is 52.9 Å². The number of thiophene rings is 1. The molecule has 2 heterocycles. The maximum absolute atomic E-state index is 13.4. The van der Waals surface area contributed by atoms with Crippen LogP contribution in [0, 0.1) is 5.82 Å². The normalized spacial score (nSPS) is 12.6. The number of carbonyl (C=O) groups is 1. The molecule has 4 rings (SSSR count). The van der Waals surface area contributed by atoms with Gasteiger partial charge in [-0.2, -0.15) is 0 Å². The molecule has 1 N–H and O–H groups in total. The van der Waals surface area contributed by atoms with Crippen LogP contribution in [0.5, 0.6) is 0 Å². The average Bonchev–Trinajstić information content (AvgIpc) is 3.16. The van der Waals surface area contributed by atoms with E-state index in [1.54, 1.807) is 6.07 Å². The summed E-state index contributed by atoms with van der Waals surface area (Å²) in [5.41, 5.74) is 0.772. The summed E-state index contributed by atoms with van der Waals surface area (Å²) < 4.78 is 19.8. The number of nitrogens with one attached hydrogen (secondary N) is 1. The standard InChI is InChI=1S/C19H13ClFNO2S/c1-10(15-8-11-4-2-3-5-14(11)24-15)22-19(23)18-17(20)13-7-6-12(21)9-16(13)25-18/h2-10H,1H3,(H,22,23)/t10-/m1/s1. The molecule has 0 aliphatic carbocycles. The van der Waals surface area contributed by atoms with Crippen molar-refractivity contribution in [1.82, 2.24) is 5.32 Å². The first-order valence-corrected chi connectivity index (χ1v) is 8.89. The molecule has 126 valence electrons. The molecule has 1 atom stereocenters. The van der Waals surface area contributed by atoms with E-state index in [1.165, 1.54) is 23.5 Å². The Bertz CT molecular complexity index is 1070. The quantitative estimate of drug-likeness (QED) is 0.483. The number of para-hydroxylation sites is 1. The smallest absolute Gasteiger partial charge is 0.263 e. The second kappa shape index (κ2) is 6.17. The van der Waals surface area contributed by atoms with E-state index in [-0.39, 0.29) is 17.8 Å².